The summed E-state index contributed by atoms with van der Waals surface area (Å²) in [4.78, 5) is 13.0. The number of methoxy groups -OCH3 is 1. The first-order valence-electron chi connectivity index (χ1n) is 5.74. The van der Waals surface area contributed by atoms with Gasteiger partial charge in [-0.05, 0) is 31.2 Å². The molecule has 2 rings (SSSR count). The van der Waals surface area contributed by atoms with Gasteiger partial charge in [0.25, 0.3) is 5.91 Å². The number of rotatable bonds is 5. The number of hydrogen-bond acceptors (Lipinski definition) is 4. The SMILES string of the molecule is COCc1ccc(C(=O)NC(C)c2ccc(Cl)s2)o1. The maximum absolute atomic E-state index is 12.0. The van der Waals surface area contributed by atoms with Crippen molar-refractivity contribution >= 4 is 28.8 Å². The van der Waals surface area contributed by atoms with Gasteiger partial charge in [0, 0.05) is 12.0 Å². The topological polar surface area (TPSA) is 51.5 Å². The van der Waals surface area contributed by atoms with E-state index in [1.165, 1.54) is 11.3 Å². The average Bonchev–Trinajstić information content (AvgIpc) is 2.98. The molecule has 4 nitrogen and oxygen atoms in total. The molecule has 0 fully saturated rings. The lowest BCUT2D eigenvalue weighted by molar-refractivity contribution is 0.0904. The van der Waals surface area contributed by atoms with Crippen molar-refractivity contribution in [2.45, 2.75) is 19.6 Å². The summed E-state index contributed by atoms with van der Waals surface area (Å²) in [6.45, 7) is 2.25. The van der Waals surface area contributed by atoms with Gasteiger partial charge in [-0.1, -0.05) is 11.6 Å². The smallest absolute Gasteiger partial charge is 0.287 e. The highest BCUT2D eigenvalue weighted by atomic mass is 35.5. The molecular formula is C13H14ClNO3S. The van der Waals surface area contributed by atoms with Gasteiger partial charge in [-0.2, -0.15) is 0 Å². The molecule has 2 aromatic rings. The number of furan rings is 1. The maximum Gasteiger partial charge on any atom is 0.287 e. The molecule has 1 amide bonds. The van der Waals surface area contributed by atoms with E-state index in [1.807, 2.05) is 19.1 Å². The van der Waals surface area contributed by atoms with Gasteiger partial charge in [0.15, 0.2) is 5.76 Å². The van der Waals surface area contributed by atoms with Gasteiger partial charge in [-0.3, -0.25) is 4.79 Å². The zero-order valence-electron chi connectivity index (χ0n) is 10.6. The van der Waals surface area contributed by atoms with E-state index in [9.17, 15) is 4.79 Å². The number of halogens is 1. The third-order valence-corrected chi connectivity index (χ3v) is 3.95. The van der Waals surface area contributed by atoms with Crippen LogP contribution < -0.4 is 5.32 Å². The second-order valence-corrected chi connectivity index (χ2v) is 5.78. The molecule has 6 heteroatoms. The molecule has 0 aliphatic carbocycles. The van der Waals surface area contributed by atoms with Crippen LogP contribution in [0.3, 0.4) is 0 Å². The summed E-state index contributed by atoms with van der Waals surface area (Å²) in [6.07, 6.45) is 0. The average molecular weight is 300 g/mol. The van der Waals surface area contributed by atoms with Crippen LogP contribution in [-0.4, -0.2) is 13.0 Å². The van der Waals surface area contributed by atoms with Gasteiger partial charge in [-0.15, -0.1) is 11.3 Å². The van der Waals surface area contributed by atoms with E-state index in [1.54, 1.807) is 19.2 Å². The Balaban J connectivity index is 1.99. The minimum Gasteiger partial charge on any atom is -0.453 e. The third-order valence-electron chi connectivity index (χ3n) is 2.54. The van der Waals surface area contributed by atoms with Crippen molar-refractivity contribution in [3.05, 3.63) is 45.0 Å². The van der Waals surface area contributed by atoms with Crippen LogP contribution in [0, 0.1) is 0 Å². The van der Waals surface area contributed by atoms with E-state index < -0.39 is 0 Å². The van der Waals surface area contributed by atoms with Crippen molar-refractivity contribution in [2.75, 3.05) is 7.11 Å². The van der Waals surface area contributed by atoms with Gasteiger partial charge in [0.05, 0.1) is 10.4 Å². The third kappa shape index (κ3) is 3.59. The number of carbonyl (C=O) groups excluding carboxylic acids is 1. The quantitative estimate of drug-likeness (QED) is 0.917. The normalized spacial score (nSPS) is 12.4. The van der Waals surface area contributed by atoms with Gasteiger partial charge in [-0.25, -0.2) is 0 Å². The highest BCUT2D eigenvalue weighted by Gasteiger charge is 2.16. The largest absolute Gasteiger partial charge is 0.453 e. The maximum atomic E-state index is 12.0. The van der Waals surface area contributed by atoms with Crippen molar-refractivity contribution in [1.82, 2.24) is 5.32 Å². The van der Waals surface area contributed by atoms with Crippen LogP contribution in [0.1, 0.15) is 34.2 Å². The Morgan fingerprint density at radius 3 is 2.89 bits per heavy atom. The Kier molecular flexibility index (Phi) is 4.63. The number of ether oxygens (including phenoxy) is 1. The number of amides is 1. The molecule has 0 aliphatic heterocycles. The lowest BCUT2D eigenvalue weighted by Gasteiger charge is -2.10. The first-order valence-corrected chi connectivity index (χ1v) is 6.93. The first kappa shape index (κ1) is 14.1. The molecule has 0 saturated carbocycles. The molecule has 0 bridgehead atoms. The van der Waals surface area contributed by atoms with Crippen LogP contribution in [-0.2, 0) is 11.3 Å². The molecule has 2 aromatic heterocycles. The van der Waals surface area contributed by atoms with E-state index in [-0.39, 0.29) is 17.7 Å². The summed E-state index contributed by atoms with van der Waals surface area (Å²) in [5, 5.41) is 2.86. The van der Waals surface area contributed by atoms with Crippen LogP contribution in [0.2, 0.25) is 4.34 Å². The summed E-state index contributed by atoms with van der Waals surface area (Å²) < 4.78 is 11.0. The van der Waals surface area contributed by atoms with Crippen molar-refractivity contribution in [3.63, 3.8) is 0 Å². The Morgan fingerprint density at radius 2 is 2.26 bits per heavy atom. The second-order valence-electron chi connectivity index (χ2n) is 4.04. The van der Waals surface area contributed by atoms with Crippen LogP contribution in [0.4, 0.5) is 0 Å². The van der Waals surface area contributed by atoms with Crippen LogP contribution in [0.15, 0.2) is 28.7 Å². The molecule has 2 heterocycles. The molecule has 19 heavy (non-hydrogen) atoms. The number of thiophene rings is 1. The Hall–Kier alpha value is -1.30. The highest BCUT2D eigenvalue weighted by Crippen LogP contribution is 2.26. The van der Waals surface area contributed by atoms with E-state index in [0.717, 1.165) is 4.88 Å². The molecule has 102 valence electrons. The van der Waals surface area contributed by atoms with E-state index in [2.05, 4.69) is 5.32 Å². The van der Waals surface area contributed by atoms with Crippen molar-refractivity contribution in [3.8, 4) is 0 Å². The predicted molar refractivity (Wildman–Crippen MR) is 74.6 cm³/mol. The number of nitrogens with one attached hydrogen (secondary N) is 1. The van der Waals surface area contributed by atoms with Gasteiger partial charge < -0.3 is 14.5 Å². The summed E-state index contributed by atoms with van der Waals surface area (Å²) in [6, 6.07) is 6.97. The van der Waals surface area contributed by atoms with E-state index >= 15 is 0 Å². The van der Waals surface area contributed by atoms with Crippen molar-refractivity contribution < 1.29 is 13.9 Å². The van der Waals surface area contributed by atoms with Gasteiger partial charge >= 0.3 is 0 Å². The summed E-state index contributed by atoms with van der Waals surface area (Å²) in [5.41, 5.74) is 0. The molecule has 0 spiro atoms. The fourth-order valence-electron chi connectivity index (χ4n) is 1.62. The van der Waals surface area contributed by atoms with E-state index in [4.69, 9.17) is 20.8 Å². The molecule has 1 N–H and O–H groups in total. The molecular weight excluding hydrogens is 286 g/mol. The molecule has 1 atom stereocenters. The summed E-state index contributed by atoms with van der Waals surface area (Å²) in [7, 11) is 1.57. The molecule has 0 radical (unpaired) electrons. The van der Waals surface area contributed by atoms with Crippen molar-refractivity contribution in [1.29, 1.82) is 0 Å². The number of hydrogen-bond donors (Lipinski definition) is 1. The zero-order chi connectivity index (χ0) is 13.8. The number of carbonyl (C=O) groups is 1. The fraction of sp³-hybridized carbons (Fsp3) is 0.308. The second kappa shape index (κ2) is 6.23. The fourth-order valence-corrected chi connectivity index (χ4v) is 2.68. The standard InChI is InChI=1S/C13H14ClNO3S/c1-8(11-5-6-12(14)19-11)15-13(16)10-4-3-9(18-10)7-17-2/h3-6,8H,7H2,1-2H3,(H,15,16). The lowest BCUT2D eigenvalue weighted by atomic mass is 10.2. The van der Waals surface area contributed by atoms with Gasteiger partial charge in [0.1, 0.15) is 12.4 Å². The van der Waals surface area contributed by atoms with Crippen LogP contribution >= 0.6 is 22.9 Å². The monoisotopic (exact) mass is 299 g/mol. The minimum atomic E-state index is -0.251. The highest BCUT2D eigenvalue weighted by molar-refractivity contribution is 7.16. The minimum absolute atomic E-state index is 0.110. The van der Waals surface area contributed by atoms with Gasteiger partial charge in [0.2, 0.25) is 0 Å². The molecule has 0 saturated heterocycles. The zero-order valence-corrected chi connectivity index (χ0v) is 12.2. The summed E-state index contributed by atoms with van der Waals surface area (Å²) in [5.74, 6) is 0.653. The van der Waals surface area contributed by atoms with Crippen molar-refractivity contribution in [2.24, 2.45) is 0 Å². The van der Waals surface area contributed by atoms with Crippen LogP contribution in [0.25, 0.3) is 0 Å². The lowest BCUT2D eigenvalue weighted by Crippen LogP contribution is -2.25. The molecule has 1 unspecified atom stereocenters. The van der Waals surface area contributed by atoms with Crippen LogP contribution in [0.5, 0.6) is 0 Å². The Bertz CT molecular complexity index is 564. The molecule has 0 aliphatic rings. The Morgan fingerprint density at radius 1 is 1.47 bits per heavy atom. The Labute approximate surface area is 120 Å². The predicted octanol–water partition coefficient (Wildman–Crippen LogP) is 3.63. The summed E-state index contributed by atoms with van der Waals surface area (Å²) >= 11 is 7.32. The van der Waals surface area contributed by atoms with E-state index in [0.29, 0.717) is 16.7 Å². The first-order chi connectivity index (χ1) is 9.10. The molecule has 0 aromatic carbocycles.